The van der Waals surface area contributed by atoms with E-state index in [1.807, 2.05) is 97.2 Å². The first kappa shape index (κ1) is 22.3. The predicted molar refractivity (Wildman–Crippen MR) is 142 cm³/mol. The lowest BCUT2D eigenvalue weighted by Gasteiger charge is -2.10. The average molecular weight is 483 g/mol. The summed E-state index contributed by atoms with van der Waals surface area (Å²) in [5.74, 6) is 0.234. The summed E-state index contributed by atoms with van der Waals surface area (Å²) in [6, 6.07) is 27.6. The van der Waals surface area contributed by atoms with Crippen molar-refractivity contribution in [2.45, 2.75) is 18.6 Å². The van der Waals surface area contributed by atoms with E-state index in [4.69, 9.17) is 4.98 Å². The SMILES string of the molecule is CCn1c(SCC(=O)c2ccc(-c3ccccc3)cc2)nc2scc(-c3ccccc3)c2c1=O. The Bertz CT molecular complexity index is 1510. The number of carbonyl (C=O) groups excluding carboxylic acids is 1. The molecule has 4 nitrogen and oxygen atoms in total. The molecule has 2 heterocycles. The van der Waals surface area contributed by atoms with Crippen LogP contribution in [0.25, 0.3) is 32.5 Å². The van der Waals surface area contributed by atoms with Crippen LogP contribution >= 0.6 is 23.1 Å². The molecule has 0 bridgehead atoms. The Kier molecular flexibility index (Phi) is 6.43. The molecule has 34 heavy (non-hydrogen) atoms. The number of Topliss-reactive ketones (excluding diaryl/α,β-unsaturated/α-hetero) is 1. The molecule has 0 N–H and O–H groups in total. The maximum atomic E-state index is 13.4. The highest BCUT2D eigenvalue weighted by molar-refractivity contribution is 7.99. The number of ketones is 1. The van der Waals surface area contributed by atoms with Crippen molar-refractivity contribution in [3.63, 3.8) is 0 Å². The monoisotopic (exact) mass is 482 g/mol. The fourth-order valence-electron chi connectivity index (χ4n) is 3.92. The normalized spacial score (nSPS) is 11.1. The molecule has 0 fully saturated rings. The molecule has 0 aliphatic carbocycles. The van der Waals surface area contributed by atoms with Crippen LogP contribution in [0, 0.1) is 0 Å². The second-order valence-corrected chi connectivity index (χ2v) is 9.60. The fourth-order valence-corrected chi connectivity index (χ4v) is 5.86. The molecule has 0 saturated carbocycles. The van der Waals surface area contributed by atoms with Gasteiger partial charge in [-0.3, -0.25) is 14.2 Å². The van der Waals surface area contributed by atoms with Gasteiger partial charge in [-0.25, -0.2) is 4.98 Å². The largest absolute Gasteiger partial charge is 0.293 e. The maximum absolute atomic E-state index is 13.4. The van der Waals surface area contributed by atoms with Gasteiger partial charge in [0.25, 0.3) is 5.56 Å². The minimum atomic E-state index is -0.0604. The Morgan fingerprint density at radius 1 is 0.882 bits per heavy atom. The van der Waals surface area contributed by atoms with E-state index in [1.54, 1.807) is 4.57 Å². The van der Waals surface area contributed by atoms with Gasteiger partial charge >= 0.3 is 0 Å². The number of carbonyl (C=O) groups is 1. The van der Waals surface area contributed by atoms with Gasteiger partial charge in [0.05, 0.1) is 11.1 Å². The van der Waals surface area contributed by atoms with Crippen LogP contribution in [0.1, 0.15) is 17.3 Å². The minimum Gasteiger partial charge on any atom is -0.293 e. The Labute approximate surface area is 205 Å². The van der Waals surface area contributed by atoms with E-state index >= 15 is 0 Å². The van der Waals surface area contributed by atoms with Gasteiger partial charge in [-0.05, 0) is 23.6 Å². The number of nitrogens with zero attached hydrogens (tertiary/aromatic N) is 2. The number of thiophene rings is 1. The Morgan fingerprint density at radius 2 is 1.50 bits per heavy atom. The van der Waals surface area contributed by atoms with Crippen molar-refractivity contribution in [3.05, 3.63) is 106 Å². The van der Waals surface area contributed by atoms with Crippen LogP contribution in [0.15, 0.2) is 100 Å². The minimum absolute atomic E-state index is 0.0118. The first-order valence-corrected chi connectivity index (χ1v) is 12.9. The highest BCUT2D eigenvalue weighted by atomic mass is 32.2. The molecule has 5 rings (SSSR count). The highest BCUT2D eigenvalue weighted by Crippen LogP contribution is 2.32. The number of benzene rings is 3. The topological polar surface area (TPSA) is 52.0 Å². The zero-order valence-corrected chi connectivity index (χ0v) is 20.2. The van der Waals surface area contributed by atoms with Gasteiger partial charge in [0.15, 0.2) is 10.9 Å². The van der Waals surface area contributed by atoms with Crippen LogP contribution in [0.3, 0.4) is 0 Å². The molecule has 0 aliphatic rings. The zero-order valence-electron chi connectivity index (χ0n) is 18.6. The summed E-state index contributed by atoms with van der Waals surface area (Å²) < 4.78 is 1.66. The van der Waals surface area contributed by atoms with Crippen molar-refractivity contribution < 1.29 is 4.79 Å². The number of rotatable bonds is 7. The van der Waals surface area contributed by atoms with Crippen LogP contribution in [0.2, 0.25) is 0 Å². The van der Waals surface area contributed by atoms with Crippen LogP contribution in [0.4, 0.5) is 0 Å². The van der Waals surface area contributed by atoms with Crippen LogP contribution in [0.5, 0.6) is 0 Å². The third kappa shape index (κ3) is 4.34. The summed E-state index contributed by atoms with van der Waals surface area (Å²) >= 11 is 2.78. The summed E-state index contributed by atoms with van der Waals surface area (Å²) in [5, 5.41) is 3.21. The molecular formula is C28H22N2O2S2. The molecule has 3 aromatic carbocycles. The molecule has 0 radical (unpaired) electrons. The third-order valence-electron chi connectivity index (χ3n) is 5.71. The molecule has 5 aromatic rings. The van der Waals surface area contributed by atoms with Crippen molar-refractivity contribution in [1.82, 2.24) is 9.55 Å². The molecule has 0 amide bonds. The number of aromatic nitrogens is 2. The van der Waals surface area contributed by atoms with Gasteiger partial charge < -0.3 is 0 Å². The van der Waals surface area contributed by atoms with E-state index in [1.165, 1.54) is 23.1 Å². The van der Waals surface area contributed by atoms with Gasteiger partial charge in [-0.2, -0.15) is 0 Å². The predicted octanol–water partition coefficient (Wildman–Crippen LogP) is 6.79. The number of thioether (sulfide) groups is 1. The van der Waals surface area contributed by atoms with Gasteiger partial charge in [-0.1, -0.05) is 96.7 Å². The summed E-state index contributed by atoms with van der Waals surface area (Å²) in [5.41, 5.74) is 4.70. The second-order valence-electron chi connectivity index (χ2n) is 7.79. The van der Waals surface area contributed by atoms with E-state index in [9.17, 15) is 9.59 Å². The van der Waals surface area contributed by atoms with E-state index in [0.717, 1.165) is 22.3 Å². The standard InChI is InChI=1S/C28H22N2O2S2/c1-2-30-27(32)25-23(21-11-7-4-8-12-21)17-33-26(25)29-28(30)34-18-24(31)22-15-13-20(14-16-22)19-9-5-3-6-10-19/h3-17H,2,18H2,1H3. The van der Waals surface area contributed by atoms with E-state index in [-0.39, 0.29) is 17.1 Å². The lowest BCUT2D eigenvalue weighted by Crippen LogP contribution is -2.22. The van der Waals surface area contributed by atoms with Crippen molar-refractivity contribution in [2.75, 3.05) is 5.75 Å². The van der Waals surface area contributed by atoms with Crippen molar-refractivity contribution >= 4 is 39.1 Å². The van der Waals surface area contributed by atoms with Crippen LogP contribution < -0.4 is 5.56 Å². The van der Waals surface area contributed by atoms with Crippen molar-refractivity contribution in [3.8, 4) is 22.3 Å². The number of hydrogen-bond donors (Lipinski definition) is 0. The average Bonchev–Trinajstić information content (AvgIpc) is 3.33. The van der Waals surface area contributed by atoms with Gasteiger partial charge in [0.1, 0.15) is 4.83 Å². The molecule has 168 valence electrons. The molecule has 6 heteroatoms. The number of fused-ring (bicyclic) bond motifs is 1. The lowest BCUT2D eigenvalue weighted by atomic mass is 10.0. The molecule has 2 aromatic heterocycles. The summed E-state index contributed by atoms with van der Waals surface area (Å²) in [6.07, 6.45) is 0. The molecule has 0 atom stereocenters. The first-order chi connectivity index (χ1) is 16.7. The first-order valence-electron chi connectivity index (χ1n) is 11.0. The van der Waals surface area contributed by atoms with Gasteiger partial charge in [0.2, 0.25) is 0 Å². The van der Waals surface area contributed by atoms with Gasteiger partial charge in [0, 0.05) is 23.1 Å². The zero-order chi connectivity index (χ0) is 23.5. The van der Waals surface area contributed by atoms with E-state index < -0.39 is 0 Å². The van der Waals surface area contributed by atoms with Crippen molar-refractivity contribution in [1.29, 1.82) is 0 Å². The van der Waals surface area contributed by atoms with Crippen molar-refractivity contribution in [2.24, 2.45) is 0 Å². The molecular weight excluding hydrogens is 460 g/mol. The maximum Gasteiger partial charge on any atom is 0.263 e. The fraction of sp³-hybridized carbons (Fsp3) is 0.107. The summed E-state index contributed by atoms with van der Waals surface area (Å²) in [7, 11) is 0. The van der Waals surface area contributed by atoms with E-state index in [0.29, 0.717) is 27.5 Å². The summed E-state index contributed by atoms with van der Waals surface area (Å²) in [4.78, 5) is 31.7. The smallest absolute Gasteiger partial charge is 0.263 e. The molecule has 0 unspecified atom stereocenters. The molecule has 0 spiro atoms. The van der Waals surface area contributed by atoms with Gasteiger partial charge in [-0.15, -0.1) is 11.3 Å². The van der Waals surface area contributed by atoms with E-state index in [2.05, 4.69) is 0 Å². The summed E-state index contributed by atoms with van der Waals surface area (Å²) in [6.45, 7) is 2.42. The Balaban J connectivity index is 1.39. The second kappa shape index (κ2) is 9.79. The lowest BCUT2D eigenvalue weighted by molar-refractivity contribution is 0.102. The molecule has 0 aliphatic heterocycles. The highest BCUT2D eigenvalue weighted by Gasteiger charge is 2.18. The molecule has 0 saturated heterocycles. The number of hydrogen-bond acceptors (Lipinski definition) is 5. The third-order valence-corrected chi connectivity index (χ3v) is 7.55. The van der Waals surface area contributed by atoms with Crippen LogP contribution in [-0.4, -0.2) is 21.1 Å². The Morgan fingerprint density at radius 3 is 2.15 bits per heavy atom. The Hall–Kier alpha value is -3.48. The van der Waals surface area contributed by atoms with Crippen LogP contribution in [-0.2, 0) is 6.54 Å². The quantitative estimate of drug-likeness (QED) is 0.146.